The van der Waals surface area contributed by atoms with E-state index in [1.165, 1.54) is 17.7 Å². The Morgan fingerprint density at radius 1 is 1.07 bits per heavy atom. The van der Waals surface area contributed by atoms with Gasteiger partial charge in [-0.15, -0.1) is 0 Å². The number of likely N-dealkylation sites (tertiary alicyclic amines) is 1. The minimum Gasteiger partial charge on any atom is -0.446 e. The summed E-state index contributed by atoms with van der Waals surface area (Å²) in [4.78, 5) is 17.5. The second-order valence-electron chi connectivity index (χ2n) is 8.74. The summed E-state index contributed by atoms with van der Waals surface area (Å²) in [5.74, 6) is 0.826. The van der Waals surface area contributed by atoms with Crippen molar-refractivity contribution >= 4 is 6.09 Å². The maximum absolute atomic E-state index is 13.5. The smallest absolute Gasteiger partial charge is 0.410 e. The third-order valence-electron chi connectivity index (χ3n) is 6.93. The number of benzene rings is 2. The van der Waals surface area contributed by atoms with E-state index in [-0.39, 0.29) is 24.1 Å². The lowest BCUT2D eigenvalue weighted by Crippen LogP contribution is -2.43. The fraction of sp³-hybridized carbons (Fsp3) is 0.458. The lowest BCUT2D eigenvalue weighted by Gasteiger charge is -2.38. The van der Waals surface area contributed by atoms with E-state index in [2.05, 4.69) is 24.1 Å². The Bertz CT molecular complexity index is 900. The lowest BCUT2D eigenvalue weighted by atomic mass is 9.88. The van der Waals surface area contributed by atoms with Crippen LogP contribution in [0.1, 0.15) is 35.6 Å². The molecular weight excluding hydrogens is 367 g/mol. The largest absolute Gasteiger partial charge is 0.446 e. The monoisotopic (exact) mass is 394 g/mol. The quantitative estimate of drug-likeness (QED) is 0.763. The van der Waals surface area contributed by atoms with Crippen molar-refractivity contribution in [3.8, 4) is 0 Å². The van der Waals surface area contributed by atoms with E-state index < -0.39 is 0 Å². The predicted octanol–water partition coefficient (Wildman–Crippen LogP) is 4.25. The Balaban J connectivity index is 1.42. The van der Waals surface area contributed by atoms with Crippen molar-refractivity contribution in [2.45, 2.75) is 31.4 Å². The zero-order chi connectivity index (χ0) is 20.0. The first-order chi connectivity index (χ1) is 14.1. The number of hydrogen-bond acceptors (Lipinski definition) is 3. The molecule has 1 amide bonds. The van der Waals surface area contributed by atoms with Crippen molar-refractivity contribution in [1.82, 2.24) is 9.80 Å². The topological polar surface area (TPSA) is 32.8 Å². The molecule has 3 aliphatic rings. The van der Waals surface area contributed by atoms with E-state index >= 15 is 0 Å². The number of carbonyl (C=O) groups excluding carboxylic acids is 1. The number of carbonyl (C=O) groups is 1. The Labute approximate surface area is 171 Å². The molecular formula is C24H27FN2O2. The van der Waals surface area contributed by atoms with Gasteiger partial charge in [-0.25, -0.2) is 9.18 Å². The number of rotatable bonds is 2. The molecule has 1 unspecified atom stereocenters. The Kier molecular flexibility index (Phi) is 4.78. The van der Waals surface area contributed by atoms with Crippen LogP contribution in [-0.4, -0.2) is 48.7 Å². The minimum atomic E-state index is -0.269. The molecule has 1 saturated carbocycles. The van der Waals surface area contributed by atoms with Crippen LogP contribution in [0.5, 0.6) is 0 Å². The molecule has 0 aromatic heterocycles. The first-order valence-electron chi connectivity index (χ1n) is 10.6. The highest BCUT2D eigenvalue weighted by Crippen LogP contribution is 2.41. The highest BCUT2D eigenvalue weighted by atomic mass is 19.1. The van der Waals surface area contributed by atoms with Crippen LogP contribution >= 0.6 is 0 Å². The van der Waals surface area contributed by atoms with E-state index in [1.807, 2.05) is 17.0 Å². The summed E-state index contributed by atoms with van der Waals surface area (Å²) in [7, 11) is 2.14. The first kappa shape index (κ1) is 18.6. The van der Waals surface area contributed by atoms with E-state index in [4.69, 9.17) is 4.74 Å². The van der Waals surface area contributed by atoms with Gasteiger partial charge in [-0.2, -0.15) is 0 Å². The zero-order valence-corrected chi connectivity index (χ0v) is 16.8. The molecule has 4 nitrogen and oxygen atoms in total. The van der Waals surface area contributed by atoms with Crippen LogP contribution in [0.15, 0.2) is 48.5 Å². The van der Waals surface area contributed by atoms with Crippen molar-refractivity contribution in [3.63, 3.8) is 0 Å². The molecule has 4 atom stereocenters. The molecule has 0 radical (unpaired) electrons. The van der Waals surface area contributed by atoms with Gasteiger partial charge in [0.1, 0.15) is 11.9 Å². The Morgan fingerprint density at radius 3 is 2.69 bits per heavy atom. The second kappa shape index (κ2) is 7.45. The first-order valence-corrected chi connectivity index (χ1v) is 10.6. The fourth-order valence-electron chi connectivity index (χ4n) is 5.55. The summed E-state index contributed by atoms with van der Waals surface area (Å²) in [5.41, 5.74) is 3.26. The number of halogens is 1. The molecule has 2 heterocycles. The molecule has 2 aliphatic heterocycles. The van der Waals surface area contributed by atoms with Gasteiger partial charge in [0.2, 0.25) is 0 Å². The molecule has 2 fully saturated rings. The predicted molar refractivity (Wildman–Crippen MR) is 109 cm³/mol. The zero-order valence-electron chi connectivity index (χ0n) is 16.8. The molecule has 0 spiro atoms. The van der Waals surface area contributed by atoms with Crippen molar-refractivity contribution in [3.05, 3.63) is 71.0 Å². The van der Waals surface area contributed by atoms with Crippen LogP contribution in [-0.2, 0) is 11.2 Å². The number of amides is 1. The molecule has 0 N–H and O–H groups in total. The summed E-state index contributed by atoms with van der Waals surface area (Å²) < 4.78 is 19.6. The molecule has 1 aliphatic carbocycles. The van der Waals surface area contributed by atoms with Crippen molar-refractivity contribution in [2.24, 2.45) is 11.8 Å². The highest BCUT2D eigenvalue weighted by Gasteiger charge is 2.44. The average molecular weight is 394 g/mol. The van der Waals surface area contributed by atoms with E-state index in [1.54, 1.807) is 12.1 Å². The number of fused-ring (bicyclic) bond motifs is 2. The van der Waals surface area contributed by atoms with Crippen molar-refractivity contribution < 1.29 is 13.9 Å². The van der Waals surface area contributed by atoms with Crippen molar-refractivity contribution in [1.29, 1.82) is 0 Å². The summed E-state index contributed by atoms with van der Waals surface area (Å²) in [6.45, 7) is 2.72. The molecule has 152 valence electrons. The molecule has 1 saturated heterocycles. The van der Waals surface area contributed by atoms with Gasteiger partial charge in [0, 0.05) is 25.6 Å². The molecule has 2 aromatic carbocycles. The second-order valence-corrected chi connectivity index (χ2v) is 8.74. The van der Waals surface area contributed by atoms with Crippen LogP contribution in [0.25, 0.3) is 0 Å². The van der Waals surface area contributed by atoms with Crippen LogP contribution in [0.2, 0.25) is 0 Å². The van der Waals surface area contributed by atoms with Gasteiger partial charge in [0.25, 0.3) is 0 Å². The average Bonchev–Trinajstić information content (AvgIpc) is 3.27. The fourth-order valence-corrected chi connectivity index (χ4v) is 5.55. The molecule has 0 bridgehead atoms. The number of nitrogens with zero attached hydrogens (tertiary/aromatic N) is 2. The lowest BCUT2D eigenvalue weighted by molar-refractivity contribution is 0.0357. The normalized spacial score (nSPS) is 28.8. The Hall–Kier alpha value is -2.40. The molecule has 2 aromatic rings. The molecule has 29 heavy (non-hydrogen) atoms. The van der Waals surface area contributed by atoms with Gasteiger partial charge in [-0.1, -0.05) is 36.4 Å². The van der Waals surface area contributed by atoms with Gasteiger partial charge in [-0.05, 0) is 61.1 Å². The van der Waals surface area contributed by atoms with Crippen LogP contribution in [0.3, 0.4) is 0 Å². The van der Waals surface area contributed by atoms with Gasteiger partial charge in [0.05, 0.1) is 6.04 Å². The summed E-state index contributed by atoms with van der Waals surface area (Å²) >= 11 is 0. The van der Waals surface area contributed by atoms with Gasteiger partial charge in [0.15, 0.2) is 0 Å². The van der Waals surface area contributed by atoms with Crippen LogP contribution in [0.4, 0.5) is 9.18 Å². The maximum Gasteiger partial charge on any atom is 0.410 e. The van der Waals surface area contributed by atoms with Crippen molar-refractivity contribution in [2.75, 3.05) is 26.7 Å². The highest BCUT2D eigenvalue weighted by molar-refractivity contribution is 5.70. The van der Waals surface area contributed by atoms with E-state index in [0.717, 1.165) is 43.5 Å². The third kappa shape index (κ3) is 3.42. The van der Waals surface area contributed by atoms with E-state index in [0.29, 0.717) is 18.4 Å². The number of ether oxygens (including phenoxy) is 1. The minimum absolute atomic E-state index is 0.00323. The molecule has 5 heteroatoms. The van der Waals surface area contributed by atoms with Gasteiger partial charge >= 0.3 is 6.09 Å². The summed E-state index contributed by atoms with van der Waals surface area (Å²) in [6.07, 6.45) is 2.66. The molecule has 5 rings (SSSR count). The summed E-state index contributed by atoms with van der Waals surface area (Å²) in [5, 5.41) is 0. The van der Waals surface area contributed by atoms with Gasteiger partial charge in [-0.3, -0.25) is 4.90 Å². The SMILES string of the molecule is CN1C[C@H]2CCC(OC(=O)N3CCc4ccccc4[C@@H]3c3ccc(F)cc3)[C@H]2C1. The summed E-state index contributed by atoms with van der Waals surface area (Å²) in [6, 6.07) is 14.5. The number of hydrogen-bond donors (Lipinski definition) is 0. The van der Waals surface area contributed by atoms with E-state index in [9.17, 15) is 9.18 Å². The van der Waals surface area contributed by atoms with Gasteiger partial charge < -0.3 is 9.64 Å². The third-order valence-corrected chi connectivity index (χ3v) is 6.93. The maximum atomic E-state index is 13.5. The standard InChI is InChI=1S/C24H27FN2O2/c1-26-14-18-8-11-22(21(18)15-26)29-24(28)27-13-12-16-4-2-3-5-20(16)23(27)17-6-9-19(25)10-7-17/h2-7,9-10,18,21-23H,8,11-15H2,1H3/t18-,21+,22?,23+/m1/s1. The Morgan fingerprint density at radius 2 is 1.86 bits per heavy atom. The van der Waals surface area contributed by atoms with Crippen LogP contribution in [0, 0.1) is 17.7 Å². The van der Waals surface area contributed by atoms with Crippen LogP contribution < -0.4 is 0 Å².